The van der Waals surface area contributed by atoms with Crippen LogP contribution < -0.4 is 14.5 Å². The van der Waals surface area contributed by atoms with Gasteiger partial charge in [0.1, 0.15) is 12.3 Å². The van der Waals surface area contributed by atoms with Gasteiger partial charge in [0.25, 0.3) is 15.9 Å². The molecule has 1 fully saturated rings. The molecule has 0 unspecified atom stereocenters. The molecule has 8 heteroatoms. The van der Waals surface area contributed by atoms with Crippen LogP contribution in [-0.2, 0) is 14.8 Å². The lowest BCUT2D eigenvalue weighted by atomic mass is 10.2. The second kappa shape index (κ2) is 10.2. The second-order valence-corrected chi connectivity index (χ2v) is 8.99. The molecule has 1 aliphatic rings. The number of hydrazone groups is 1. The molecular formula is C22H27N3O4S. The Morgan fingerprint density at radius 3 is 2.30 bits per heavy atom. The molecule has 0 heterocycles. The van der Waals surface area contributed by atoms with E-state index in [2.05, 4.69) is 10.5 Å². The number of nitrogens with zero attached hydrogens (tertiary/aromatic N) is 2. The van der Waals surface area contributed by atoms with E-state index in [0.29, 0.717) is 11.4 Å². The van der Waals surface area contributed by atoms with Crippen molar-refractivity contribution in [2.75, 3.05) is 18.0 Å². The number of hydrogen-bond acceptors (Lipinski definition) is 5. The van der Waals surface area contributed by atoms with E-state index in [4.69, 9.17) is 4.74 Å². The van der Waals surface area contributed by atoms with Crippen LogP contribution in [0.2, 0.25) is 0 Å². The van der Waals surface area contributed by atoms with Crippen LogP contribution in [0.3, 0.4) is 0 Å². The highest BCUT2D eigenvalue weighted by Gasteiger charge is 2.29. The van der Waals surface area contributed by atoms with Crippen molar-refractivity contribution >= 4 is 27.3 Å². The summed E-state index contributed by atoms with van der Waals surface area (Å²) < 4.78 is 33.1. The zero-order valence-electron chi connectivity index (χ0n) is 17.1. The Labute approximate surface area is 177 Å². The maximum Gasteiger partial charge on any atom is 0.264 e. The molecule has 0 aromatic heterocycles. The molecular weight excluding hydrogens is 402 g/mol. The number of methoxy groups -OCH3 is 1. The van der Waals surface area contributed by atoms with Gasteiger partial charge in [-0.15, -0.1) is 0 Å². The van der Waals surface area contributed by atoms with Crippen molar-refractivity contribution in [3.8, 4) is 5.75 Å². The van der Waals surface area contributed by atoms with Crippen molar-refractivity contribution in [3.63, 3.8) is 0 Å². The minimum Gasteiger partial charge on any atom is -0.495 e. The standard InChI is InChI=1S/C22H27N3O4S/c1-29-21-16-10-9-15-20(21)25(30(27,28)19-13-7-4-8-14-19)17-22(26)24-23-18-11-5-2-3-6-12-18/h4,7-10,13-16H,2-3,5-6,11-12,17H2,1H3,(H,24,26). The molecule has 160 valence electrons. The minimum atomic E-state index is -3.99. The summed E-state index contributed by atoms with van der Waals surface area (Å²) in [5.74, 6) is -0.142. The number of para-hydroxylation sites is 2. The van der Waals surface area contributed by atoms with Crippen molar-refractivity contribution in [1.29, 1.82) is 0 Å². The highest BCUT2D eigenvalue weighted by atomic mass is 32.2. The number of carbonyl (C=O) groups is 1. The summed E-state index contributed by atoms with van der Waals surface area (Å²) >= 11 is 0. The van der Waals surface area contributed by atoms with Crippen LogP contribution in [-0.4, -0.2) is 33.7 Å². The fourth-order valence-electron chi connectivity index (χ4n) is 3.41. The van der Waals surface area contributed by atoms with Crippen LogP contribution in [0.1, 0.15) is 38.5 Å². The highest BCUT2D eigenvalue weighted by molar-refractivity contribution is 7.92. The van der Waals surface area contributed by atoms with Crippen molar-refractivity contribution in [2.45, 2.75) is 43.4 Å². The molecule has 1 aliphatic carbocycles. The Balaban J connectivity index is 1.88. The first-order valence-corrected chi connectivity index (χ1v) is 11.5. The Morgan fingerprint density at radius 2 is 1.63 bits per heavy atom. The van der Waals surface area contributed by atoms with Gasteiger partial charge in [0, 0.05) is 5.71 Å². The zero-order valence-corrected chi connectivity index (χ0v) is 17.9. The number of hydrogen-bond donors (Lipinski definition) is 1. The minimum absolute atomic E-state index is 0.0961. The smallest absolute Gasteiger partial charge is 0.264 e. The Morgan fingerprint density at radius 1 is 1.00 bits per heavy atom. The first-order valence-electron chi connectivity index (χ1n) is 10.1. The van der Waals surface area contributed by atoms with E-state index in [-0.39, 0.29) is 4.90 Å². The molecule has 2 aromatic carbocycles. The number of rotatable bonds is 7. The summed E-state index contributed by atoms with van der Waals surface area (Å²) in [6.07, 6.45) is 6.18. The van der Waals surface area contributed by atoms with Gasteiger partial charge >= 0.3 is 0 Å². The summed E-state index contributed by atoms with van der Waals surface area (Å²) in [6.45, 7) is -0.408. The third-order valence-electron chi connectivity index (χ3n) is 4.99. The Bertz CT molecular complexity index is 980. The van der Waals surface area contributed by atoms with Crippen LogP contribution in [0.4, 0.5) is 5.69 Å². The van der Waals surface area contributed by atoms with E-state index in [1.165, 1.54) is 32.1 Å². The lowest BCUT2D eigenvalue weighted by Gasteiger charge is -2.25. The average molecular weight is 430 g/mol. The van der Waals surface area contributed by atoms with Gasteiger partial charge in [0.2, 0.25) is 0 Å². The van der Waals surface area contributed by atoms with E-state index < -0.39 is 22.5 Å². The third-order valence-corrected chi connectivity index (χ3v) is 6.77. The van der Waals surface area contributed by atoms with Crippen molar-refractivity contribution in [3.05, 3.63) is 54.6 Å². The van der Waals surface area contributed by atoms with Crippen LogP contribution in [0.25, 0.3) is 0 Å². The third kappa shape index (κ3) is 5.38. The van der Waals surface area contributed by atoms with Gasteiger partial charge < -0.3 is 4.74 Å². The van der Waals surface area contributed by atoms with E-state index in [9.17, 15) is 13.2 Å². The monoisotopic (exact) mass is 429 g/mol. The van der Waals surface area contributed by atoms with Crippen molar-refractivity contribution < 1.29 is 17.9 Å². The second-order valence-electron chi connectivity index (χ2n) is 7.12. The van der Waals surface area contributed by atoms with Crippen molar-refractivity contribution in [1.82, 2.24) is 5.43 Å². The summed E-state index contributed by atoms with van der Waals surface area (Å²) in [5, 5.41) is 4.25. The zero-order chi connectivity index (χ0) is 21.4. The van der Waals surface area contributed by atoms with E-state index in [1.54, 1.807) is 42.5 Å². The number of sulfonamides is 1. The van der Waals surface area contributed by atoms with Gasteiger partial charge in [0.05, 0.1) is 17.7 Å². The fraction of sp³-hybridized carbons (Fsp3) is 0.364. The lowest BCUT2D eigenvalue weighted by molar-refractivity contribution is -0.119. The van der Waals surface area contributed by atoms with Crippen molar-refractivity contribution in [2.24, 2.45) is 5.10 Å². The van der Waals surface area contributed by atoms with Crippen LogP contribution in [0, 0.1) is 0 Å². The maximum atomic E-state index is 13.3. The topological polar surface area (TPSA) is 88.1 Å². The summed E-state index contributed by atoms with van der Waals surface area (Å²) in [6, 6.07) is 14.8. The normalized spacial score (nSPS) is 14.5. The van der Waals surface area contributed by atoms with Gasteiger partial charge in [-0.2, -0.15) is 5.10 Å². The molecule has 7 nitrogen and oxygen atoms in total. The van der Waals surface area contributed by atoms with Gasteiger partial charge in [-0.05, 0) is 49.9 Å². The molecule has 2 aromatic rings. The Kier molecular flexibility index (Phi) is 7.46. The molecule has 0 radical (unpaired) electrons. The molecule has 0 atom stereocenters. The van der Waals surface area contributed by atoms with Crippen LogP contribution in [0.15, 0.2) is 64.6 Å². The molecule has 0 aliphatic heterocycles. The predicted molar refractivity (Wildman–Crippen MR) is 117 cm³/mol. The molecule has 30 heavy (non-hydrogen) atoms. The first kappa shape index (κ1) is 21.8. The predicted octanol–water partition coefficient (Wildman–Crippen LogP) is 3.72. The molecule has 1 saturated carbocycles. The Hall–Kier alpha value is -2.87. The number of carbonyl (C=O) groups excluding carboxylic acids is 1. The summed E-state index contributed by atoms with van der Waals surface area (Å²) in [5.41, 5.74) is 3.79. The average Bonchev–Trinajstić information content (AvgIpc) is 3.05. The number of ether oxygens (including phenoxy) is 1. The fourth-order valence-corrected chi connectivity index (χ4v) is 4.86. The van der Waals surface area contributed by atoms with E-state index in [1.807, 2.05) is 0 Å². The van der Waals surface area contributed by atoms with Gasteiger partial charge in [-0.3, -0.25) is 9.10 Å². The molecule has 3 rings (SSSR count). The quantitative estimate of drug-likeness (QED) is 0.537. The lowest BCUT2D eigenvalue weighted by Crippen LogP contribution is -2.40. The largest absolute Gasteiger partial charge is 0.495 e. The van der Waals surface area contributed by atoms with Gasteiger partial charge in [0.15, 0.2) is 0 Å². The van der Waals surface area contributed by atoms with Gasteiger partial charge in [-0.25, -0.2) is 13.8 Å². The number of nitrogens with one attached hydrogen (secondary N) is 1. The summed E-state index contributed by atoms with van der Waals surface area (Å²) in [7, 11) is -2.52. The molecule has 1 N–H and O–H groups in total. The van der Waals surface area contributed by atoms with Crippen LogP contribution >= 0.6 is 0 Å². The van der Waals surface area contributed by atoms with Crippen LogP contribution in [0.5, 0.6) is 5.75 Å². The van der Waals surface area contributed by atoms with Gasteiger partial charge in [-0.1, -0.05) is 43.2 Å². The molecule has 1 amide bonds. The molecule has 0 saturated heterocycles. The van der Waals surface area contributed by atoms with E-state index in [0.717, 1.165) is 35.7 Å². The number of anilines is 1. The molecule has 0 bridgehead atoms. The molecule has 0 spiro atoms. The summed E-state index contributed by atoms with van der Waals surface area (Å²) in [4.78, 5) is 12.8. The SMILES string of the molecule is COc1ccccc1N(CC(=O)NN=C1CCCCCC1)S(=O)(=O)c1ccccc1. The first-order chi connectivity index (χ1) is 14.5. The number of benzene rings is 2. The van der Waals surface area contributed by atoms with E-state index >= 15 is 0 Å². The highest BCUT2D eigenvalue weighted by Crippen LogP contribution is 2.32. The maximum absolute atomic E-state index is 13.3. The number of amides is 1.